The molecule has 0 heterocycles. The zero-order chi connectivity index (χ0) is 15.1. The Bertz CT molecular complexity index is 400. The molecule has 1 aromatic rings. The van der Waals surface area contributed by atoms with Crippen molar-refractivity contribution in [1.82, 2.24) is 5.32 Å². The van der Waals surface area contributed by atoms with Gasteiger partial charge in [0.15, 0.2) is 0 Å². The van der Waals surface area contributed by atoms with E-state index in [0.29, 0.717) is 11.8 Å². The van der Waals surface area contributed by atoms with Crippen molar-refractivity contribution in [2.45, 2.75) is 51.5 Å². The lowest BCUT2D eigenvalue weighted by atomic mass is 9.96. The van der Waals surface area contributed by atoms with Gasteiger partial charge in [0.2, 0.25) is 0 Å². The monoisotopic (exact) mass is 309 g/mol. The third-order valence-electron chi connectivity index (χ3n) is 4.02. The van der Waals surface area contributed by atoms with Gasteiger partial charge in [-0.1, -0.05) is 37.6 Å². The van der Waals surface area contributed by atoms with Gasteiger partial charge in [-0.05, 0) is 55.2 Å². The van der Waals surface area contributed by atoms with Crippen LogP contribution in [0.25, 0.3) is 0 Å². The van der Waals surface area contributed by atoms with Crippen molar-refractivity contribution in [3.63, 3.8) is 0 Å². The molecule has 1 aliphatic rings. The Kier molecular flexibility index (Phi) is 7.01. The Morgan fingerprint density at radius 1 is 1.14 bits per heavy atom. The summed E-state index contributed by atoms with van der Waals surface area (Å²) < 4.78 is 5.79. The van der Waals surface area contributed by atoms with Crippen molar-refractivity contribution < 1.29 is 4.74 Å². The van der Waals surface area contributed by atoms with Gasteiger partial charge >= 0.3 is 0 Å². The summed E-state index contributed by atoms with van der Waals surface area (Å²) in [6, 6.07) is 9.02. The summed E-state index contributed by atoms with van der Waals surface area (Å²) in [6.45, 7) is 7.23. The third-order valence-corrected chi connectivity index (χ3v) is 4.27. The summed E-state index contributed by atoms with van der Waals surface area (Å²) >= 11 is 5.99. The zero-order valence-corrected chi connectivity index (χ0v) is 14.0. The second kappa shape index (κ2) is 8.77. The highest BCUT2D eigenvalue weighted by Crippen LogP contribution is 2.24. The van der Waals surface area contributed by atoms with Gasteiger partial charge in [-0.3, -0.25) is 0 Å². The molecule has 1 aliphatic carbocycles. The number of rotatable bonds is 10. The molecule has 0 aliphatic heterocycles. The smallest absolute Gasteiger partial charge is 0.0472 e. The van der Waals surface area contributed by atoms with Crippen LogP contribution in [-0.4, -0.2) is 25.8 Å². The number of nitrogens with one attached hydrogen (secondary N) is 1. The topological polar surface area (TPSA) is 21.3 Å². The van der Waals surface area contributed by atoms with Crippen LogP contribution in [-0.2, 0) is 4.74 Å². The largest absolute Gasteiger partial charge is 0.381 e. The van der Waals surface area contributed by atoms with Gasteiger partial charge in [0.25, 0.3) is 0 Å². The van der Waals surface area contributed by atoms with Gasteiger partial charge in [-0.25, -0.2) is 0 Å². The van der Waals surface area contributed by atoms with Crippen LogP contribution in [0.3, 0.4) is 0 Å². The molecule has 1 saturated carbocycles. The minimum Gasteiger partial charge on any atom is -0.381 e. The van der Waals surface area contributed by atoms with Crippen LogP contribution in [0.4, 0.5) is 0 Å². The van der Waals surface area contributed by atoms with E-state index in [1.165, 1.54) is 18.4 Å². The van der Waals surface area contributed by atoms with Crippen molar-refractivity contribution in [2.75, 3.05) is 19.8 Å². The van der Waals surface area contributed by atoms with Crippen LogP contribution in [0, 0.1) is 5.92 Å². The molecule has 0 radical (unpaired) electrons. The van der Waals surface area contributed by atoms with Crippen LogP contribution < -0.4 is 5.32 Å². The average molecular weight is 310 g/mol. The number of ether oxygens (including phenoxy) is 1. The van der Waals surface area contributed by atoms with E-state index >= 15 is 0 Å². The van der Waals surface area contributed by atoms with Gasteiger partial charge in [-0.2, -0.15) is 0 Å². The molecular formula is C18H28ClNO. The standard InChI is InChI=1S/C18H28ClNO/c1-14(2)9-11-21-12-10-16(13-20-18-7-8-18)15-3-5-17(19)6-4-15/h3-6,14,16,18,20H,7-13H2,1-2H3. The first-order valence-corrected chi connectivity index (χ1v) is 8.59. The Hall–Kier alpha value is -0.570. The van der Waals surface area contributed by atoms with E-state index in [1.54, 1.807) is 0 Å². The lowest BCUT2D eigenvalue weighted by Gasteiger charge is -2.18. The van der Waals surface area contributed by atoms with E-state index in [4.69, 9.17) is 16.3 Å². The molecule has 2 rings (SSSR count). The first-order chi connectivity index (χ1) is 10.1. The molecule has 1 aromatic carbocycles. The SMILES string of the molecule is CC(C)CCOCCC(CNC1CC1)c1ccc(Cl)cc1. The predicted octanol–water partition coefficient (Wildman–Crippen LogP) is 4.63. The van der Waals surface area contributed by atoms with E-state index in [1.807, 2.05) is 12.1 Å². The average Bonchev–Trinajstić information content (AvgIpc) is 3.27. The molecule has 21 heavy (non-hydrogen) atoms. The fraction of sp³-hybridized carbons (Fsp3) is 0.667. The lowest BCUT2D eigenvalue weighted by Crippen LogP contribution is -2.24. The van der Waals surface area contributed by atoms with Gasteiger partial charge in [0.05, 0.1) is 0 Å². The molecule has 1 unspecified atom stereocenters. The highest BCUT2D eigenvalue weighted by atomic mass is 35.5. The summed E-state index contributed by atoms with van der Waals surface area (Å²) in [5.41, 5.74) is 1.36. The highest BCUT2D eigenvalue weighted by molar-refractivity contribution is 6.30. The van der Waals surface area contributed by atoms with Crippen LogP contribution >= 0.6 is 11.6 Å². The Morgan fingerprint density at radius 3 is 2.43 bits per heavy atom. The fourth-order valence-corrected chi connectivity index (χ4v) is 2.49. The van der Waals surface area contributed by atoms with Gasteiger partial charge < -0.3 is 10.1 Å². The summed E-state index contributed by atoms with van der Waals surface area (Å²) in [6.07, 6.45) is 4.88. The lowest BCUT2D eigenvalue weighted by molar-refractivity contribution is 0.116. The maximum absolute atomic E-state index is 5.99. The Balaban J connectivity index is 1.78. The van der Waals surface area contributed by atoms with E-state index in [-0.39, 0.29) is 0 Å². The molecule has 0 bridgehead atoms. The maximum atomic E-state index is 5.99. The molecule has 1 atom stereocenters. The summed E-state index contributed by atoms with van der Waals surface area (Å²) in [5.74, 6) is 1.23. The number of halogens is 1. The normalized spacial score (nSPS) is 16.4. The van der Waals surface area contributed by atoms with Crippen LogP contribution in [0.5, 0.6) is 0 Å². The van der Waals surface area contributed by atoms with Crippen molar-refractivity contribution in [2.24, 2.45) is 5.92 Å². The summed E-state index contributed by atoms with van der Waals surface area (Å²) in [4.78, 5) is 0. The first-order valence-electron chi connectivity index (χ1n) is 8.21. The van der Waals surface area contributed by atoms with Crippen LogP contribution in [0.2, 0.25) is 5.02 Å². The Morgan fingerprint density at radius 2 is 1.81 bits per heavy atom. The number of hydrogen-bond acceptors (Lipinski definition) is 2. The van der Waals surface area contributed by atoms with Gasteiger partial charge in [-0.15, -0.1) is 0 Å². The second-order valence-electron chi connectivity index (χ2n) is 6.51. The minimum atomic E-state index is 0.516. The third kappa shape index (κ3) is 6.82. The van der Waals surface area contributed by atoms with Crippen LogP contribution in [0.15, 0.2) is 24.3 Å². The van der Waals surface area contributed by atoms with Crippen molar-refractivity contribution >= 4 is 11.6 Å². The molecule has 3 heteroatoms. The Labute approximate surface area is 134 Å². The van der Waals surface area contributed by atoms with Crippen LogP contribution in [0.1, 0.15) is 51.0 Å². The van der Waals surface area contributed by atoms with E-state index in [9.17, 15) is 0 Å². The van der Waals surface area contributed by atoms with Crippen molar-refractivity contribution in [3.05, 3.63) is 34.9 Å². The molecule has 0 saturated heterocycles. The minimum absolute atomic E-state index is 0.516. The molecule has 2 nitrogen and oxygen atoms in total. The molecule has 0 aromatic heterocycles. The molecule has 0 spiro atoms. The quantitative estimate of drug-likeness (QED) is 0.636. The van der Waals surface area contributed by atoms with Gasteiger partial charge in [0, 0.05) is 30.8 Å². The second-order valence-corrected chi connectivity index (χ2v) is 6.95. The highest BCUT2D eigenvalue weighted by Gasteiger charge is 2.22. The van der Waals surface area contributed by atoms with Gasteiger partial charge in [0.1, 0.15) is 0 Å². The van der Waals surface area contributed by atoms with E-state index in [0.717, 1.165) is 43.7 Å². The summed E-state index contributed by atoms with van der Waals surface area (Å²) in [5, 5.41) is 4.45. The number of benzene rings is 1. The molecule has 1 fully saturated rings. The number of hydrogen-bond donors (Lipinski definition) is 1. The first kappa shape index (κ1) is 16.8. The molecule has 1 N–H and O–H groups in total. The molecule has 118 valence electrons. The zero-order valence-electron chi connectivity index (χ0n) is 13.3. The predicted molar refractivity (Wildman–Crippen MR) is 90.1 cm³/mol. The molecular weight excluding hydrogens is 282 g/mol. The molecule has 0 amide bonds. The summed E-state index contributed by atoms with van der Waals surface area (Å²) in [7, 11) is 0. The maximum Gasteiger partial charge on any atom is 0.0472 e. The van der Waals surface area contributed by atoms with E-state index in [2.05, 4.69) is 31.3 Å². The fourth-order valence-electron chi connectivity index (χ4n) is 2.36. The van der Waals surface area contributed by atoms with E-state index < -0.39 is 0 Å². The van der Waals surface area contributed by atoms with Crippen molar-refractivity contribution in [1.29, 1.82) is 0 Å². The van der Waals surface area contributed by atoms with Crippen molar-refractivity contribution in [3.8, 4) is 0 Å².